The number of carbonyl (C=O) groups is 1. The predicted octanol–water partition coefficient (Wildman–Crippen LogP) is 2.68. The zero-order chi connectivity index (χ0) is 12.8. The quantitative estimate of drug-likeness (QED) is 0.807. The van der Waals surface area contributed by atoms with E-state index in [2.05, 4.69) is 10.9 Å². The van der Waals surface area contributed by atoms with Crippen molar-refractivity contribution in [1.82, 2.24) is 10.9 Å². The summed E-state index contributed by atoms with van der Waals surface area (Å²) in [6.45, 7) is 2.00. The fourth-order valence-corrected chi connectivity index (χ4v) is 1.66. The van der Waals surface area contributed by atoms with Crippen molar-refractivity contribution in [1.29, 1.82) is 0 Å². The first-order valence-electron chi connectivity index (χ1n) is 5.93. The van der Waals surface area contributed by atoms with Gasteiger partial charge < -0.3 is 0 Å². The van der Waals surface area contributed by atoms with Crippen LogP contribution in [0.15, 0.2) is 60.7 Å². The molecular weight excluding hydrogens is 224 g/mol. The lowest BCUT2D eigenvalue weighted by Crippen LogP contribution is -2.38. The van der Waals surface area contributed by atoms with Crippen LogP contribution in [0.5, 0.6) is 0 Å². The molecule has 0 spiro atoms. The third-order valence-corrected chi connectivity index (χ3v) is 2.74. The maximum absolute atomic E-state index is 11.8. The maximum atomic E-state index is 11.8. The standard InChI is InChI=1S/C15H16N2O/c1-12(13-8-4-2-5-9-13)16-17-15(18)14-10-6-3-7-11-14/h2-12,16H,1H3,(H,17,18)/t12-/m1/s1. The molecule has 1 atom stereocenters. The van der Waals surface area contributed by atoms with Crippen LogP contribution in [0.1, 0.15) is 28.9 Å². The third-order valence-electron chi connectivity index (χ3n) is 2.74. The van der Waals surface area contributed by atoms with Gasteiger partial charge in [0.2, 0.25) is 0 Å². The van der Waals surface area contributed by atoms with Gasteiger partial charge in [0.05, 0.1) is 0 Å². The van der Waals surface area contributed by atoms with Gasteiger partial charge in [-0.05, 0) is 24.6 Å². The Labute approximate surface area is 107 Å². The van der Waals surface area contributed by atoms with Crippen LogP contribution in [0.25, 0.3) is 0 Å². The highest BCUT2D eigenvalue weighted by atomic mass is 16.2. The van der Waals surface area contributed by atoms with E-state index in [1.165, 1.54) is 0 Å². The number of hydrazine groups is 1. The molecule has 0 unspecified atom stereocenters. The minimum Gasteiger partial charge on any atom is -0.287 e. The summed E-state index contributed by atoms with van der Waals surface area (Å²) in [5.74, 6) is -0.126. The highest BCUT2D eigenvalue weighted by molar-refractivity contribution is 5.93. The number of benzene rings is 2. The fraction of sp³-hybridized carbons (Fsp3) is 0.133. The maximum Gasteiger partial charge on any atom is 0.265 e. The van der Waals surface area contributed by atoms with Gasteiger partial charge in [-0.1, -0.05) is 48.5 Å². The fourth-order valence-electron chi connectivity index (χ4n) is 1.66. The van der Waals surface area contributed by atoms with Gasteiger partial charge in [0.15, 0.2) is 0 Å². The first-order valence-corrected chi connectivity index (χ1v) is 5.93. The molecule has 3 nitrogen and oxygen atoms in total. The molecule has 0 saturated carbocycles. The summed E-state index contributed by atoms with van der Waals surface area (Å²) in [4.78, 5) is 11.8. The Bertz CT molecular complexity index is 496. The molecule has 0 bridgehead atoms. The van der Waals surface area contributed by atoms with Crippen LogP contribution in [0.4, 0.5) is 0 Å². The van der Waals surface area contributed by atoms with E-state index in [0.29, 0.717) is 5.56 Å². The van der Waals surface area contributed by atoms with Crippen molar-refractivity contribution in [3.63, 3.8) is 0 Å². The molecule has 1 amide bonds. The van der Waals surface area contributed by atoms with Crippen LogP contribution in [-0.2, 0) is 0 Å². The van der Waals surface area contributed by atoms with Crippen LogP contribution < -0.4 is 10.9 Å². The summed E-state index contributed by atoms with van der Waals surface area (Å²) >= 11 is 0. The van der Waals surface area contributed by atoms with E-state index in [1.54, 1.807) is 12.1 Å². The molecule has 18 heavy (non-hydrogen) atoms. The number of hydrogen-bond acceptors (Lipinski definition) is 2. The van der Waals surface area contributed by atoms with Crippen LogP contribution in [0.2, 0.25) is 0 Å². The lowest BCUT2D eigenvalue weighted by atomic mass is 10.1. The largest absolute Gasteiger partial charge is 0.287 e. The summed E-state index contributed by atoms with van der Waals surface area (Å²) in [5, 5.41) is 0. The first kappa shape index (κ1) is 12.3. The molecule has 92 valence electrons. The average molecular weight is 240 g/mol. The van der Waals surface area contributed by atoms with Crippen molar-refractivity contribution in [2.45, 2.75) is 13.0 Å². The van der Waals surface area contributed by atoms with E-state index in [1.807, 2.05) is 55.5 Å². The molecule has 2 aromatic carbocycles. The van der Waals surface area contributed by atoms with Crippen molar-refractivity contribution >= 4 is 5.91 Å². The SMILES string of the molecule is C[C@@H](NNC(=O)c1ccccc1)c1ccccc1. The number of hydrogen-bond donors (Lipinski definition) is 2. The smallest absolute Gasteiger partial charge is 0.265 e. The zero-order valence-corrected chi connectivity index (χ0v) is 10.3. The molecule has 2 rings (SSSR count). The second kappa shape index (κ2) is 5.98. The van der Waals surface area contributed by atoms with Crippen LogP contribution in [0, 0.1) is 0 Å². The molecule has 0 radical (unpaired) electrons. The molecule has 0 fully saturated rings. The van der Waals surface area contributed by atoms with E-state index in [9.17, 15) is 4.79 Å². The van der Waals surface area contributed by atoms with Crippen molar-refractivity contribution in [3.05, 3.63) is 71.8 Å². The molecule has 0 heterocycles. The molecule has 3 heteroatoms. The molecule has 2 aromatic rings. The highest BCUT2D eigenvalue weighted by Crippen LogP contribution is 2.09. The van der Waals surface area contributed by atoms with Gasteiger partial charge in [-0.3, -0.25) is 10.2 Å². The molecule has 0 aliphatic heterocycles. The number of amides is 1. The zero-order valence-electron chi connectivity index (χ0n) is 10.3. The van der Waals surface area contributed by atoms with Crippen molar-refractivity contribution in [2.24, 2.45) is 0 Å². The van der Waals surface area contributed by atoms with Gasteiger partial charge in [-0.2, -0.15) is 0 Å². The monoisotopic (exact) mass is 240 g/mol. The van der Waals surface area contributed by atoms with E-state index in [-0.39, 0.29) is 11.9 Å². The van der Waals surface area contributed by atoms with E-state index < -0.39 is 0 Å². The number of carbonyl (C=O) groups excluding carboxylic acids is 1. The average Bonchev–Trinajstić information content (AvgIpc) is 2.46. The summed E-state index contributed by atoms with van der Waals surface area (Å²) in [6.07, 6.45) is 0. The number of rotatable bonds is 4. The Kier molecular flexibility index (Phi) is 4.10. The normalized spacial score (nSPS) is 11.8. The second-order valence-electron chi connectivity index (χ2n) is 4.10. The van der Waals surface area contributed by atoms with Crippen molar-refractivity contribution in [2.75, 3.05) is 0 Å². The van der Waals surface area contributed by atoms with E-state index in [4.69, 9.17) is 0 Å². The third kappa shape index (κ3) is 3.18. The molecule has 0 saturated heterocycles. The Hall–Kier alpha value is -2.13. The van der Waals surface area contributed by atoms with Gasteiger partial charge in [0, 0.05) is 11.6 Å². The molecule has 0 aliphatic carbocycles. The minimum absolute atomic E-state index is 0.0684. The Morgan fingerprint density at radius 1 is 0.944 bits per heavy atom. The van der Waals surface area contributed by atoms with E-state index >= 15 is 0 Å². The summed E-state index contributed by atoms with van der Waals surface area (Å²) < 4.78 is 0. The Morgan fingerprint density at radius 2 is 1.50 bits per heavy atom. The molecule has 2 N–H and O–H groups in total. The van der Waals surface area contributed by atoms with Gasteiger partial charge in [0.25, 0.3) is 5.91 Å². The van der Waals surface area contributed by atoms with Crippen LogP contribution in [0.3, 0.4) is 0 Å². The predicted molar refractivity (Wildman–Crippen MR) is 71.9 cm³/mol. The first-order chi connectivity index (χ1) is 8.77. The Morgan fingerprint density at radius 3 is 2.11 bits per heavy atom. The van der Waals surface area contributed by atoms with Gasteiger partial charge >= 0.3 is 0 Å². The molecule has 0 aliphatic rings. The summed E-state index contributed by atoms with van der Waals surface area (Å²) in [6, 6.07) is 19.2. The molecule has 0 aromatic heterocycles. The second-order valence-corrected chi connectivity index (χ2v) is 4.10. The minimum atomic E-state index is -0.126. The lowest BCUT2D eigenvalue weighted by Gasteiger charge is -2.15. The topological polar surface area (TPSA) is 41.1 Å². The van der Waals surface area contributed by atoms with Crippen LogP contribution in [-0.4, -0.2) is 5.91 Å². The van der Waals surface area contributed by atoms with Crippen molar-refractivity contribution < 1.29 is 4.79 Å². The lowest BCUT2D eigenvalue weighted by molar-refractivity contribution is 0.0926. The van der Waals surface area contributed by atoms with Gasteiger partial charge in [-0.25, -0.2) is 5.43 Å². The summed E-state index contributed by atoms with van der Waals surface area (Å²) in [7, 11) is 0. The van der Waals surface area contributed by atoms with Crippen LogP contribution >= 0.6 is 0 Å². The highest BCUT2D eigenvalue weighted by Gasteiger charge is 2.07. The molecular formula is C15H16N2O. The van der Waals surface area contributed by atoms with Crippen molar-refractivity contribution in [3.8, 4) is 0 Å². The number of nitrogens with one attached hydrogen (secondary N) is 2. The Balaban J connectivity index is 1.91. The summed E-state index contributed by atoms with van der Waals surface area (Å²) in [5.41, 5.74) is 7.48. The van der Waals surface area contributed by atoms with E-state index in [0.717, 1.165) is 5.56 Å². The van der Waals surface area contributed by atoms with Gasteiger partial charge in [-0.15, -0.1) is 0 Å². The van der Waals surface area contributed by atoms with Gasteiger partial charge in [0.1, 0.15) is 0 Å².